The predicted molar refractivity (Wildman–Crippen MR) is 94.2 cm³/mol. The van der Waals surface area contributed by atoms with E-state index in [4.69, 9.17) is 17.3 Å². The zero-order chi connectivity index (χ0) is 16.5. The monoisotopic (exact) mass is 344 g/mol. The Morgan fingerprint density at radius 1 is 1.33 bits per heavy atom. The van der Waals surface area contributed by atoms with E-state index in [1.807, 2.05) is 12.3 Å². The van der Waals surface area contributed by atoms with E-state index in [1.54, 1.807) is 6.20 Å². The highest BCUT2D eigenvalue weighted by Gasteiger charge is 2.54. The molecule has 6 heteroatoms. The Balaban J connectivity index is 1.54. The van der Waals surface area contributed by atoms with Gasteiger partial charge < -0.3 is 16.0 Å². The Labute approximate surface area is 145 Å². The molecule has 1 unspecified atom stereocenters. The quantitative estimate of drug-likeness (QED) is 0.747. The molecule has 24 heavy (non-hydrogen) atoms. The summed E-state index contributed by atoms with van der Waals surface area (Å²) in [7, 11) is 0. The van der Waals surface area contributed by atoms with Crippen LogP contribution in [0, 0.1) is 17.8 Å². The standard InChI is InChI=1S/C18H21ClN4O/c19-18-5-9-3-10(6-18)14(11(4-9)7-18)23-15-12-1-2-21-17(12)22-8-13(15)16(20)24/h1-2,8-11,14H,3-7H2,(H2,20,24)(H2,21,22,23)/t9?,10-,11+,14+,18-. The number of fused-ring (bicyclic) bond motifs is 1. The smallest absolute Gasteiger partial charge is 0.252 e. The lowest BCUT2D eigenvalue weighted by atomic mass is 9.53. The van der Waals surface area contributed by atoms with Crippen LogP contribution in [0.2, 0.25) is 0 Å². The molecule has 0 saturated heterocycles. The van der Waals surface area contributed by atoms with E-state index < -0.39 is 5.91 Å². The maximum atomic E-state index is 11.9. The number of halogens is 1. The maximum absolute atomic E-state index is 11.9. The Hall–Kier alpha value is -1.75. The second-order valence-electron chi connectivity index (χ2n) is 7.94. The Bertz CT molecular complexity index is 816. The summed E-state index contributed by atoms with van der Waals surface area (Å²) in [4.78, 5) is 19.3. The molecule has 5 nitrogen and oxygen atoms in total. The molecule has 2 aromatic heterocycles. The van der Waals surface area contributed by atoms with Gasteiger partial charge in [-0.25, -0.2) is 4.98 Å². The van der Waals surface area contributed by atoms with Gasteiger partial charge in [-0.2, -0.15) is 0 Å². The van der Waals surface area contributed by atoms with Crippen LogP contribution in [0.1, 0.15) is 42.5 Å². The molecule has 0 radical (unpaired) electrons. The van der Waals surface area contributed by atoms with Crippen molar-refractivity contribution in [3.8, 4) is 0 Å². The van der Waals surface area contributed by atoms with Crippen molar-refractivity contribution in [1.82, 2.24) is 9.97 Å². The predicted octanol–water partition coefficient (Wildman–Crippen LogP) is 3.26. The van der Waals surface area contributed by atoms with Crippen LogP contribution in [0.3, 0.4) is 0 Å². The number of anilines is 1. The summed E-state index contributed by atoms with van der Waals surface area (Å²) >= 11 is 6.84. The molecule has 0 aliphatic heterocycles. The molecule has 2 heterocycles. The first kappa shape index (κ1) is 14.6. The average molecular weight is 345 g/mol. The minimum atomic E-state index is -0.439. The third-order valence-corrected chi connectivity index (χ3v) is 6.82. The highest BCUT2D eigenvalue weighted by atomic mass is 35.5. The number of hydrogen-bond acceptors (Lipinski definition) is 3. The van der Waals surface area contributed by atoms with Gasteiger partial charge >= 0.3 is 0 Å². The molecular weight excluding hydrogens is 324 g/mol. The summed E-state index contributed by atoms with van der Waals surface area (Å²) in [5.74, 6) is 1.50. The lowest BCUT2D eigenvalue weighted by Crippen LogP contribution is -2.57. The van der Waals surface area contributed by atoms with E-state index in [0.717, 1.165) is 35.5 Å². The summed E-state index contributed by atoms with van der Waals surface area (Å²) in [6.45, 7) is 0. The maximum Gasteiger partial charge on any atom is 0.252 e. The molecule has 4 bridgehead atoms. The molecule has 4 saturated carbocycles. The summed E-state index contributed by atoms with van der Waals surface area (Å²) in [6.07, 6.45) is 9.24. The van der Waals surface area contributed by atoms with Crippen molar-refractivity contribution >= 4 is 34.2 Å². The molecule has 4 fully saturated rings. The minimum absolute atomic E-state index is 0.0167. The van der Waals surface area contributed by atoms with Crippen LogP contribution in [0.15, 0.2) is 18.5 Å². The fourth-order valence-electron chi connectivity index (χ4n) is 5.68. The van der Waals surface area contributed by atoms with Gasteiger partial charge in [-0.3, -0.25) is 4.79 Å². The number of hydrogen-bond donors (Lipinski definition) is 3. The highest BCUT2D eigenvalue weighted by Crippen LogP contribution is 2.59. The topological polar surface area (TPSA) is 83.8 Å². The first-order chi connectivity index (χ1) is 11.5. The van der Waals surface area contributed by atoms with Crippen LogP contribution < -0.4 is 11.1 Å². The summed E-state index contributed by atoms with van der Waals surface area (Å²) in [6, 6.07) is 2.32. The van der Waals surface area contributed by atoms with Crippen LogP contribution in [-0.2, 0) is 0 Å². The zero-order valence-electron chi connectivity index (χ0n) is 13.4. The normalized spacial score (nSPS) is 37.0. The Morgan fingerprint density at radius 3 is 2.75 bits per heavy atom. The third kappa shape index (κ3) is 2.07. The first-order valence-corrected chi connectivity index (χ1v) is 9.11. The fourth-order valence-corrected chi connectivity index (χ4v) is 6.29. The molecule has 5 atom stereocenters. The number of rotatable bonds is 3. The van der Waals surface area contributed by atoms with Crippen molar-refractivity contribution < 1.29 is 4.79 Å². The van der Waals surface area contributed by atoms with E-state index in [1.165, 1.54) is 19.3 Å². The number of nitrogens with two attached hydrogens (primary N) is 1. The molecule has 4 N–H and O–H groups in total. The molecule has 4 aliphatic rings. The van der Waals surface area contributed by atoms with E-state index in [-0.39, 0.29) is 4.87 Å². The van der Waals surface area contributed by atoms with Gasteiger partial charge in [0.25, 0.3) is 5.91 Å². The second kappa shape index (κ2) is 4.88. The van der Waals surface area contributed by atoms with Crippen LogP contribution in [0.25, 0.3) is 11.0 Å². The Morgan fingerprint density at radius 2 is 2.08 bits per heavy atom. The van der Waals surface area contributed by atoms with Crippen LogP contribution in [0.5, 0.6) is 0 Å². The number of H-pyrrole nitrogens is 1. The van der Waals surface area contributed by atoms with Gasteiger partial charge in [-0.05, 0) is 55.9 Å². The summed E-state index contributed by atoms with van der Waals surface area (Å²) < 4.78 is 0. The van der Waals surface area contributed by atoms with Crippen molar-refractivity contribution in [2.75, 3.05) is 5.32 Å². The SMILES string of the molecule is NC(=O)c1cnc2[nH]ccc2c1N[C@H]1[C@@H]2CC3C[C@H]1C[C@@](Cl)(C3)C2. The summed E-state index contributed by atoms with van der Waals surface area (Å²) in [5.41, 5.74) is 7.67. The fraction of sp³-hybridized carbons (Fsp3) is 0.556. The van der Waals surface area contributed by atoms with Crippen molar-refractivity contribution in [2.45, 2.75) is 43.0 Å². The minimum Gasteiger partial charge on any atom is -0.380 e. The van der Waals surface area contributed by atoms with Gasteiger partial charge in [0.05, 0.1) is 11.3 Å². The van der Waals surface area contributed by atoms with Gasteiger partial charge in [-0.1, -0.05) is 0 Å². The number of alkyl halides is 1. The molecule has 2 aromatic rings. The average Bonchev–Trinajstić information content (AvgIpc) is 2.97. The third-order valence-electron chi connectivity index (χ3n) is 6.36. The van der Waals surface area contributed by atoms with Crippen molar-refractivity contribution in [3.63, 3.8) is 0 Å². The number of aromatic nitrogens is 2. The number of carbonyl (C=O) groups excluding carboxylic acids is 1. The van der Waals surface area contributed by atoms with Gasteiger partial charge in [-0.15, -0.1) is 11.6 Å². The number of aromatic amines is 1. The Kier molecular flexibility index (Phi) is 2.97. The van der Waals surface area contributed by atoms with E-state index >= 15 is 0 Å². The van der Waals surface area contributed by atoms with Gasteiger partial charge in [0, 0.05) is 28.7 Å². The van der Waals surface area contributed by atoms with E-state index in [2.05, 4.69) is 15.3 Å². The number of amides is 1. The zero-order valence-corrected chi connectivity index (χ0v) is 14.1. The number of nitrogens with zero attached hydrogens (tertiary/aromatic N) is 1. The van der Waals surface area contributed by atoms with Crippen molar-refractivity contribution in [2.24, 2.45) is 23.5 Å². The molecule has 0 aromatic carbocycles. The lowest BCUT2D eigenvalue weighted by Gasteiger charge is -2.58. The largest absolute Gasteiger partial charge is 0.380 e. The van der Waals surface area contributed by atoms with Gasteiger partial charge in [0.2, 0.25) is 0 Å². The molecule has 1 amide bonds. The van der Waals surface area contributed by atoms with Gasteiger partial charge in [0.1, 0.15) is 5.65 Å². The van der Waals surface area contributed by atoms with Crippen LogP contribution >= 0.6 is 11.6 Å². The van der Waals surface area contributed by atoms with Crippen LogP contribution in [0.4, 0.5) is 5.69 Å². The highest BCUT2D eigenvalue weighted by molar-refractivity contribution is 6.24. The summed E-state index contributed by atoms with van der Waals surface area (Å²) in [5, 5.41) is 4.63. The molecule has 0 spiro atoms. The van der Waals surface area contributed by atoms with E-state index in [9.17, 15) is 4.79 Å². The molecule has 6 rings (SSSR count). The van der Waals surface area contributed by atoms with E-state index in [0.29, 0.717) is 23.4 Å². The molecular formula is C18H21ClN4O. The number of pyridine rings is 1. The van der Waals surface area contributed by atoms with Gasteiger partial charge in [0.15, 0.2) is 0 Å². The van der Waals surface area contributed by atoms with Crippen molar-refractivity contribution in [3.05, 3.63) is 24.0 Å². The molecule has 4 aliphatic carbocycles. The second-order valence-corrected chi connectivity index (χ2v) is 8.74. The lowest BCUT2D eigenvalue weighted by molar-refractivity contribution is 0.0220. The van der Waals surface area contributed by atoms with Crippen molar-refractivity contribution in [1.29, 1.82) is 0 Å². The number of carbonyl (C=O) groups is 1. The number of nitrogens with one attached hydrogen (secondary N) is 2. The first-order valence-electron chi connectivity index (χ1n) is 8.74. The molecule has 126 valence electrons. The van der Waals surface area contributed by atoms with Crippen LogP contribution in [-0.4, -0.2) is 26.8 Å². The number of primary amides is 1.